The summed E-state index contributed by atoms with van der Waals surface area (Å²) in [5, 5.41) is 39.9. The number of nitrogens with zero attached hydrogens (tertiary/aromatic N) is 1. The van der Waals surface area contributed by atoms with Gasteiger partial charge in [-0.2, -0.15) is 26.3 Å². The maximum Gasteiger partial charge on any atom is 0.490 e. The number of ether oxygens (including phenoxy) is 1. The summed E-state index contributed by atoms with van der Waals surface area (Å²) in [5.41, 5.74) is 5.49. The highest BCUT2D eigenvalue weighted by molar-refractivity contribution is 7.13. The van der Waals surface area contributed by atoms with Gasteiger partial charge < -0.3 is 30.9 Å². The molecule has 1 aromatic heterocycles. The van der Waals surface area contributed by atoms with Gasteiger partial charge in [0.1, 0.15) is 10.7 Å². The molecule has 0 amide bonds. The number of carbonyl (C=O) groups is 6. The predicted octanol–water partition coefficient (Wildman–Crippen LogP) is 5.03. The van der Waals surface area contributed by atoms with Gasteiger partial charge in [0, 0.05) is 29.8 Å². The standard InChI is InChI=1S/C26H32FN3O7S.2C2HF3O2/c1-14(2)10-19(20(31)12-16(25(34)35)5-9-23(32)33)30(3)13-17-6-8-22(38-17)26(36)37-21-7-4-15(24(28)29)11-18(21)27;2*3-2(4,5)1(6)7/h4,6-8,11,14,16,19H,5,9-10,12-13H2,1-3H3,(H3,28,29)(H,32,33)(H,34,35);2*(H,6,7)/t16-,19-;;/m0../s1. The number of halogens is 7. The Kier molecular flexibility index (Phi) is 18.6. The summed E-state index contributed by atoms with van der Waals surface area (Å²) in [7, 11) is 1.72. The van der Waals surface area contributed by atoms with E-state index in [4.69, 9.17) is 40.8 Å². The van der Waals surface area contributed by atoms with Crippen LogP contribution in [0.4, 0.5) is 30.7 Å². The fourth-order valence-electron chi connectivity index (χ4n) is 3.82. The molecule has 7 N–H and O–H groups in total. The zero-order valence-corrected chi connectivity index (χ0v) is 28.2. The highest BCUT2D eigenvalue weighted by atomic mass is 32.1. The van der Waals surface area contributed by atoms with Gasteiger partial charge in [0.15, 0.2) is 17.3 Å². The number of hydrogen-bond donors (Lipinski definition) is 6. The van der Waals surface area contributed by atoms with Crippen LogP contribution in [0.25, 0.3) is 0 Å². The first-order chi connectivity index (χ1) is 23.7. The molecule has 0 saturated heterocycles. The molecule has 0 fully saturated rings. The molecule has 0 unspecified atom stereocenters. The number of carboxylic acids is 4. The minimum Gasteiger partial charge on any atom is -0.481 e. The Morgan fingerprint density at radius 1 is 0.923 bits per heavy atom. The molecule has 0 radical (unpaired) electrons. The second-order valence-electron chi connectivity index (χ2n) is 11.0. The van der Waals surface area contributed by atoms with E-state index in [1.54, 1.807) is 18.0 Å². The van der Waals surface area contributed by atoms with Crippen molar-refractivity contribution in [3.05, 3.63) is 51.5 Å². The number of likely N-dealkylation sites (N-methyl/N-ethyl adjacent to an activating group) is 1. The van der Waals surface area contributed by atoms with Crippen molar-refractivity contribution < 1.29 is 84.7 Å². The smallest absolute Gasteiger partial charge is 0.481 e. The Morgan fingerprint density at radius 2 is 1.44 bits per heavy atom. The fraction of sp³-hybridized carbons (Fsp3) is 0.433. The monoisotopic (exact) mass is 777 g/mol. The number of aliphatic carboxylic acids is 4. The summed E-state index contributed by atoms with van der Waals surface area (Å²) in [6, 6.07) is 6.21. The number of hydrogen-bond acceptors (Lipinski definition) is 10. The Hall–Kier alpha value is -5.12. The Morgan fingerprint density at radius 3 is 1.85 bits per heavy atom. The molecule has 14 nitrogen and oxygen atoms in total. The zero-order chi connectivity index (χ0) is 40.7. The molecule has 1 aromatic carbocycles. The molecule has 0 bridgehead atoms. The lowest BCUT2D eigenvalue weighted by Crippen LogP contribution is -2.40. The van der Waals surface area contributed by atoms with Crippen LogP contribution in [0.2, 0.25) is 0 Å². The van der Waals surface area contributed by atoms with Gasteiger partial charge in [-0.05, 0) is 56.1 Å². The average molecular weight is 778 g/mol. The van der Waals surface area contributed by atoms with Gasteiger partial charge >= 0.3 is 42.2 Å². The van der Waals surface area contributed by atoms with Crippen molar-refractivity contribution in [2.75, 3.05) is 7.05 Å². The third-order valence-electron chi connectivity index (χ3n) is 6.30. The second-order valence-corrected chi connectivity index (χ2v) is 12.2. The van der Waals surface area contributed by atoms with Crippen molar-refractivity contribution in [1.82, 2.24) is 4.90 Å². The van der Waals surface area contributed by atoms with Crippen molar-refractivity contribution in [1.29, 1.82) is 5.41 Å². The van der Waals surface area contributed by atoms with Crippen LogP contribution in [0.5, 0.6) is 5.75 Å². The van der Waals surface area contributed by atoms with Gasteiger partial charge in [-0.25, -0.2) is 18.8 Å². The minimum absolute atomic E-state index is 0.131. The molecule has 0 spiro atoms. The summed E-state index contributed by atoms with van der Waals surface area (Å²) >= 11 is 1.12. The number of benzene rings is 1. The molecular weight excluding hydrogens is 743 g/mol. The summed E-state index contributed by atoms with van der Waals surface area (Å²) in [6.07, 6.45) is -10.5. The lowest BCUT2D eigenvalue weighted by Gasteiger charge is -2.29. The highest BCUT2D eigenvalue weighted by Gasteiger charge is 2.39. The van der Waals surface area contributed by atoms with Crippen LogP contribution < -0.4 is 10.5 Å². The molecule has 22 heteroatoms. The molecule has 2 aromatic rings. The van der Waals surface area contributed by atoms with Gasteiger partial charge in [0.25, 0.3) is 0 Å². The third kappa shape index (κ3) is 17.7. The van der Waals surface area contributed by atoms with E-state index in [2.05, 4.69) is 0 Å². The first-order valence-electron chi connectivity index (χ1n) is 14.4. The minimum atomic E-state index is -5.08. The summed E-state index contributed by atoms with van der Waals surface area (Å²) < 4.78 is 82.9. The molecular formula is C30H34F7N3O11S. The topological polar surface area (TPSA) is 246 Å². The maximum absolute atomic E-state index is 14.2. The van der Waals surface area contributed by atoms with E-state index in [0.29, 0.717) is 6.42 Å². The van der Waals surface area contributed by atoms with E-state index in [0.717, 1.165) is 22.3 Å². The van der Waals surface area contributed by atoms with Gasteiger partial charge in [-0.1, -0.05) is 13.8 Å². The van der Waals surface area contributed by atoms with Crippen LogP contribution in [-0.2, 0) is 30.5 Å². The van der Waals surface area contributed by atoms with E-state index in [9.17, 15) is 55.0 Å². The number of nitrogens with two attached hydrogens (primary N) is 1. The molecule has 0 aliphatic carbocycles. The molecule has 1 heterocycles. The maximum atomic E-state index is 14.2. The SMILES string of the molecule is CC(C)C[C@@H](C(=O)C[C@H](CCC(=O)O)C(=O)O)N(C)Cc1ccc(C(=O)Oc2ccc(C(=N)N)cc2F)s1.O=C(O)C(F)(F)F.O=C(O)C(F)(F)F. The van der Waals surface area contributed by atoms with Crippen molar-refractivity contribution in [2.45, 2.75) is 64.5 Å². The van der Waals surface area contributed by atoms with Crippen LogP contribution in [0, 0.1) is 23.1 Å². The average Bonchev–Trinajstić information content (AvgIpc) is 3.46. The number of alkyl halides is 6. The number of carbonyl (C=O) groups excluding carboxylic acids is 2. The van der Waals surface area contributed by atoms with Crippen molar-refractivity contribution in [3.8, 4) is 5.75 Å². The fourth-order valence-corrected chi connectivity index (χ4v) is 4.77. The number of nitrogens with one attached hydrogen (secondary N) is 1. The highest BCUT2D eigenvalue weighted by Crippen LogP contribution is 2.26. The van der Waals surface area contributed by atoms with Gasteiger partial charge in [0.2, 0.25) is 0 Å². The van der Waals surface area contributed by atoms with E-state index >= 15 is 0 Å². The Labute approximate surface area is 294 Å². The number of ketones is 1. The summed E-state index contributed by atoms with van der Waals surface area (Å²) in [4.78, 5) is 68.6. The number of nitrogen functional groups attached to an aromatic ring is 1. The molecule has 0 aliphatic heterocycles. The first kappa shape index (κ1) is 46.9. The number of carboxylic acid groups (broad SMARTS) is 4. The molecule has 52 heavy (non-hydrogen) atoms. The summed E-state index contributed by atoms with van der Waals surface area (Å²) in [6.45, 7) is 4.17. The number of thiophene rings is 1. The number of esters is 1. The number of amidine groups is 1. The van der Waals surface area contributed by atoms with Crippen LogP contribution >= 0.6 is 11.3 Å². The lowest BCUT2D eigenvalue weighted by molar-refractivity contribution is -0.193. The molecule has 290 valence electrons. The van der Waals surface area contributed by atoms with E-state index < -0.39 is 60.0 Å². The number of rotatable bonds is 15. The Bertz CT molecular complexity index is 1570. The van der Waals surface area contributed by atoms with Crippen LogP contribution in [-0.4, -0.2) is 92.2 Å². The van der Waals surface area contributed by atoms with E-state index in [1.165, 1.54) is 18.2 Å². The predicted molar refractivity (Wildman–Crippen MR) is 166 cm³/mol. The second kappa shape index (κ2) is 20.7. The van der Waals surface area contributed by atoms with Crippen LogP contribution in [0.15, 0.2) is 30.3 Å². The van der Waals surface area contributed by atoms with Crippen molar-refractivity contribution in [2.24, 2.45) is 17.6 Å². The van der Waals surface area contributed by atoms with Crippen molar-refractivity contribution >= 4 is 52.8 Å². The third-order valence-corrected chi connectivity index (χ3v) is 7.35. The summed E-state index contributed by atoms with van der Waals surface area (Å²) in [5.74, 6) is -11.3. The molecule has 2 atom stereocenters. The van der Waals surface area contributed by atoms with Crippen LogP contribution in [0.3, 0.4) is 0 Å². The van der Waals surface area contributed by atoms with E-state index in [-0.39, 0.29) is 59.5 Å². The van der Waals surface area contributed by atoms with Crippen molar-refractivity contribution in [3.63, 3.8) is 0 Å². The first-order valence-corrected chi connectivity index (χ1v) is 15.2. The van der Waals surface area contributed by atoms with Crippen LogP contribution in [0.1, 0.15) is 59.6 Å². The molecule has 2 rings (SSSR count). The number of Topliss-reactive ketones (excluding diaryl/α,β-unsaturated/α-hetero) is 1. The Balaban J connectivity index is 0.00000156. The van der Waals surface area contributed by atoms with Gasteiger partial charge in [-0.3, -0.25) is 24.7 Å². The van der Waals surface area contributed by atoms with E-state index in [1.807, 2.05) is 13.8 Å². The molecule has 0 aliphatic rings. The van der Waals surface area contributed by atoms with Gasteiger partial charge in [-0.15, -0.1) is 11.3 Å². The largest absolute Gasteiger partial charge is 0.490 e. The molecule has 0 saturated carbocycles. The zero-order valence-electron chi connectivity index (χ0n) is 27.4. The lowest BCUT2D eigenvalue weighted by atomic mass is 9.90. The normalized spacial score (nSPS) is 12.4. The van der Waals surface area contributed by atoms with Gasteiger partial charge in [0.05, 0.1) is 12.0 Å². The quantitative estimate of drug-likeness (QED) is 0.0458.